The average molecular weight is 319 g/mol. The Morgan fingerprint density at radius 2 is 1.70 bits per heavy atom. The van der Waals surface area contributed by atoms with Crippen LogP contribution in [0.25, 0.3) is 10.8 Å². The van der Waals surface area contributed by atoms with Crippen LogP contribution in [0.2, 0.25) is 0 Å². The van der Waals surface area contributed by atoms with Crippen molar-refractivity contribution < 1.29 is 4.79 Å². The van der Waals surface area contributed by atoms with Crippen molar-refractivity contribution in [2.24, 2.45) is 0 Å². The molecule has 0 saturated carbocycles. The molecule has 1 heterocycles. The SMILES string of the molecule is Cc1ccc(N2C(=O)CSC2c2cccc3ccccc23)cc1. The number of hydrogen-bond donors (Lipinski definition) is 0. The Hall–Kier alpha value is -2.26. The third-order valence-corrected chi connectivity index (χ3v) is 5.46. The maximum Gasteiger partial charge on any atom is 0.238 e. The number of nitrogens with zero attached hydrogens (tertiary/aromatic N) is 1. The highest BCUT2D eigenvalue weighted by atomic mass is 32.2. The van der Waals surface area contributed by atoms with Gasteiger partial charge in [-0.25, -0.2) is 0 Å². The third kappa shape index (κ3) is 2.51. The van der Waals surface area contributed by atoms with Crippen molar-refractivity contribution in [2.75, 3.05) is 10.7 Å². The Bertz CT molecular complexity index is 867. The number of carbonyl (C=O) groups is 1. The van der Waals surface area contributed by atoms with Crippen molar-refractivity contribution >= 4 is 34.1 Å². The number of fused-ring (bicyclic) bond motifs is 1. The number of carbonyl (C=O) groups excluding carboxylic acids is 1. The molecule has 1 aliphatic rings. The van der Waals surface area contributed by atoms with E-state index in [2.05, 4.69) is 61.5 Å². The first kappa shape index (κ1) is 14.3. The molecule has 3 aromatic rings. The van der Waals surface area contributed by atoms with E-state index in [4.69, 9.17) is 0 Å². The molecule has 1 fully saturated rings. The molecule has 0 radical (unpaired) electrons. The molecule has 1 atom stereocenters. The molecule has 1 unspecified atom stereocenters. The maximum absolute atomic E-state index is 12.5. The number of thioether (sulfide) groups is 1. The molecule has 0 N–H and O–H groups in total. The summed E-state index contributed by atoms with van der Waals surface area (Å²) in [5.74, 6) is 0.707. The van der Waals surface area contributed by atoms with E-state index < -0.39 is 0 Å². The zero-order valence-electron chi connectivity index (χ0n) is 12.9. The topological polar surface area (TPSA) is 20.3 Å². The fraction of sp³-hybridized carbons (Fsp3) is 0.150. The second-order valence-electron chi connectivity index (χ2n) is 5.83. The van der Waals surface area contributed by atoms with E-state index in [-0.39, 0.29) is 11.3 Å². The van der Waals surface area contributed by atoms with E-state index in [0.717, 1.165) is 5.69 Å². The number of amides is 1. The number of anilines is 1. The Labute approximate surface area is 140 Å². The highest BCUT2D eigenvalue weighted by molar-refractivity contribution is 8.00. The lowest BCUT2D eigenvalue weighted by Gasteiger charge is -2.25. The molecule has 0 spiro atoms. The van der Waals surface area contributed by atoms with Crippen molar-refractivity contribution in [3.05, 3.63) is 77.9 Å². The minimum absolute atomic E-state index is 0.0382. The Morgan fingerprint density at radius 3 is 2.52 bits per heavy atom. The Kier molecular flexibility index (Phi) is 3.58. The van der Waals surface area contributed by atoms with Crippen molar-refractivity contribution in [3.8, 4) is 0 Å². The maximum atomic E-state index is 12.5. The van der Waals surface area contributed by atoms with Crippen LogP contribution in [0.4, 0.5) is 5.69 Å². The summed E-state index contributed by atoms with van der Waals surface area (Å²) in [5, 5.41) is 2.48. The number of benzene rings is 3. The van der Waals surface area contributed by atoms with E-state index in [9.17, 15) is 4.79 Å². The van der Waals surface area contributed by atoms with Gasteiger partial charge in [0.2, 0.25) is 5.91 Å². The van der Waals surface area contributed by atoms with Crippen LogP contribution < -0.4 is 4.90 Å². The summed E-state index contributed by atoms with van der Waals surface area (Å²) in [7, 11) is 0. The number of rotatable bonds is 2. The fourth-order valence-corrected chi connectivity index (χ4v) is 4.32. The summed E-state index contributed by atoms with van der Waals surface area (Å²) in [6.07, 6.45) is 0. The van der Waals surface area contributed by atoms with Gasteiger partial charge in [-0.05, 0) is 35.4 Å². The molecule has 1 saturated heterocycles. The fourth-order valence-electron chi connectivity index (χ4n) is 3.10. The predicted molar refractivity (Wildman–Crippen MR) is 97.8 cm³/mol. The molecule has 2 nitrogen and oxygen atoms in total. The van der Waals surface area contributed by atoms with Gasteiger partial charge in [-0.3, -0.25) is 9.69 Å². The van der Waals surface area contributed by atoms with Gasteiger partial charge in [-0.15, -0.1) is 11.8 Å². The molecule has 23 heavy (non-hydrogen) atoms. The molecular weight excluding hydrogens is 302 g/mol. The normalized spacial score (nSPS) is 17.9. The summed E-state index contributed by atoms with van der Waals surface area (Å²) in [6.45, 7) is 2.06. The van der Waals surface area contributed by atoms with Crippen LogP contribution in [0.5, 0.6) is 0 Å². The van der Waals surface area contributed by atoms with Crippen LogP contribution in [0, 0.1) is 6.92 Å². The minimum Gasteiger partial charge on any atom is -0.295 e. The van der Waals surface area contributed by atoms with E-state index in [1.165, 1.54) is 21.9 Å². The van der Waals surface area contributed by atoms with Crippen LogP contribution in [-0.4, -0.2) is 11.7 Å². The summed E-state index contributed by atoms with van der Waals surface area (Å²) in [5.41, 5.74) is 3.39. The van der Waals surface area contributed by atoms with E-state index >= 15 is 0 Å². The van der Waals surface area contributed by atoms with Crippen LogP contribution in [0.1, 0.15) is 16.5 Å². The van der Waals surface area contributed by atoms with Crippen LogP contribution in [-0.2, 0) is 4.79 Å². The van der Waals surface area contributed by atoms with Gasteiger partial charge in [0, 0.05) is 5.69 Å². The lowest BCUT2D eigenvalue weighted by Crippen LogP contribution is -2.27. The molecule has 1 aliphatic heterocycles. The third-order valence-electron chi connectivity index (χ3n) is 4.27. The minimum atomic E-state index is 0.0382. The standard InChI is InChI=1S/C20H17NOS/c1-14-9-11-16(12-10-14)21-19(22)13-23-20(21)18-8-4-6-15-5-2-3-7-17(15)18/h2-12,20H,13H2,1H3. The quantitative estimate of drug-likeness (QED) is 0.668. The number of hydrogen-bond acceptors (Lipinski definition) is 2. The second-order valence-corrected chi connectivity index (χ2v) is 6.90. The highest BCUT2D eigenvalue weighted by Gasteiger charge is 2.34. The molecule has 0 aliphatic carbocycles. The molecule has 3 heteroatoms. The molecule has 0 bridgehead atoms. The molecule has 1 amide bonds. The molecule has 4 rings (SSSR count). The summed E-state index contributed by atoms with van der Waals surface area (Å²) >= 11 is 1.70. The molecular formula is C20H17NOS. The monoisotopic (exact) mass is 319 g/mol. The van der Waals surface area contributed by atoms with Gasteiger partial charge in [0.15, 0.2) is 0 Å². The molecule has 3 aromatic carbocycles. The predicted octanol–water partition coefficient (Wildman–Crippen LogP) is 4.93. The first-order valence-electron chi connectivity index (χ1n) is 7.72. The largest absolute Gasteiger partial charge is 0.295 e. The van der Waals surface area contributed by atoms with Crippen LogP contribution >= 0.6 is 11.8 Å². The van der Waals surface area contributed by atoms with Gasteiger partial charge in [0.1, 0.15) is 5.37 Å². The van der Waals surface area contributed by atoms with Gasteiger partial charge in [-0.2, -0.15) is 0 Å². The van der Waals surface area contributed by atoms with Crippen molar-refractivity contribution in [1.29, 1.82) is 0 Å². The summed E-state index contributed by atoms with van der Waals surface area (Å²) < 4.78 is 0. The van der Waals surface area contributed by atoms with Crippen LogP contribution in [0.15, 0.2) is 66.7 Å². The summed E-state index contributed by atoms with van der Waals surface area (Å²) in [6, 6.07) is 22.9. The number of aryl methyl sites for hydroxylation is 1. The van der Waals surface area contributed by atoms with E-state index in [1.54, 1.807) is 11.8 Å². The van der Waals surface area contributed by atoms with Crippen LogP contribution in [0.3, 0.4) is 0 Å². The average Bonchev–Trinajstić information content (AvgIpc) is 2.96. The lowest BCUT2D eigenvalue weighted by molar-refractivity contribution is -0.115. The van der Waals surface area contributed by atoms with Crippen molar-refractivity contribution in [2.45, 2.75) is 12.3 Å². The Morgan fingerprint density at radius 1 is 0.957 bits per heavy atom. The van der Waals surface area contributed by atoms with Crippen molar-refractivity contribution in [3.63, 3.8) is 0 Å². The van der Waals surface area contributed by atoms with E-state index in [1.807, 2.05) is 17.0 Å². The lowest BCUT2D eigenvalue weighted by atomic mass is 10.0. The molecule has 0 aromatic heterocycles. The molecule has 114 valence electrons. The van der Waals surface area contributed by atoms with Gasteiger partial charge in [0.25, 0.3) is 0 Å². The van der Waals surface area contributed by atoms with E-state index in [0.29, 0.717) is 5.75 Å². The second kappa shape index (κ2) is 5.74. The van der Waals surface area contributed by atoms with Gasteiger partial charge >= 0.3 is 0 Å². The van der Waals surface area contributed by atoms with Gasteiger partial charge in [0.05, 0.1) is 5.75 Å². The first-order chi connectivity index (χ1) is 11.2. The Balaban J connectivity index is 1.83. The highest BCUT2D eigenvalue weighted by Crippen LogP contribution is 2.43. The van der Waals surface area contributed by atoms with Crippen molar-refractivity contribution in [1.82, 2.24) is 0 Å². The zero-order valence-corrected chi connectivity index (χ0v) is 13.7. The summed E-state index contributed by atoms with van der Waals surface area (Å²) in [4.78, 5) is 14.4. The zero-order chi connectivity index (χ0) is 15.8. The van der Waals surface area contributed by atoms with Gasteiger partial charge < -0.3 is 0 Å². The van der Waals surface area contributed by atoms with Gasteiger partial charge in [-0.1, -0.05) is 60.2 Å². The smallest absolute Gasteiger partial charge is 0.238 e. The first-order valence-corrected chi connectivity index (χ1v) is 8.77.